The largest absolute Gasteiger partial charge is 0.494 e. The van der Waals surface area contributed by atoms with E-state index in [1.165, 1.54) is 5.56 Å². The first-order chi connectivity index (χ1) is 7.79. The van der Waals surface area contributed by atoms with E-state index >= 15 is 0 Å². The minimum atomic E-state index is 0.0956. The number of anilines is 1. The number of hydrogen-bond acceptors (Lipinski definition) is 2. The van der Waals surface area contributed by atoms with E-state index in [1.54, 1.807) is 0 Å². The molecule has 0 atom stereocenters. The molecule has 16 heavy (non-hydrogen) atoms. The van der Waals surface area contributed by atoms with Crippen LogP contribution in [0.15, 0.2) is 18.2 Å². The molecule has 1 heterocycles. The van der Waals surface area contributed by atoms with Gasteiger partial charge in [-0.3, -0.25) is 4.79 Å². The lowest BCUT2D eigenvalue weighted by molar-refractivity contribution is -0.116. The Hall–Kier alpha value is -1.51. The van der Waals surface area contributed by atoms with Crippen molar-refractivity contribution in [3.63, 3.8) is 0 Å². The van der Waals surface area contributed by atoms with Gasteiger partial charge >= 0.3 is 0 Å². The van der Waals surface area contributed by atoms with Gasteiger partial charge in [0.2, 0.25) is 5.91 Å². The topological polar surface area (TPSA) is 38.3 Å². The average molecular weight is 219 g/mol. The van der Waals surface area contributed by atoms with Crippen molar-refractivity contribution in [1.82, 2.24) is 0 Å². The molecule has 1 aromatic rings. The van der Waals surface area contributed by atoms with Crippen LogP contribution in [0.25, 0.3) is 0 Å². The number of carbonyl (C=O) groups excluding carboxylic acids is 1. The Morgan fingerprint density at radius 3 is 3.06 bits per heavy atom. The average Bonchev–Trinajstić information content (AvgIpc) is 2.29. The molecule has 3 heteroatoms. The molecule has 86 valence electrons. The third kappa shape index (κ3) is 2.54. The number of ether oxygens (including phenoxy) is 1. The van der Waals surface area contributed by atoms with Gasteiger partial charge in [0, 0.05) is 18.2 Å². The van der Waals surface area contributed by atoms with E-state index < -0.39 is 0 Å². The van der Waals surface area contributed by atoms with Crippen LogP contribution < -0.4 is 10.1 Å². The minimum absolute atomic E-state index is 0.0956. The number of hydrogen-bond donors (Lipinski definition) is 1. The van der Waals surface area contributed by atoms with Crippen molar-refractivity contribution in [2.24, 2.45) is 0 Å². The molecule has 0 aliphatic carbocycles. The number of carbonyl (C=O) groups is 1. The number of fused-ring (bicyclic) bond motifs is 1. The molecule has 1 aromatic carbocycles. The fraction of sp³-hybridized carbons (Fsp3) is 0.462. The van der Waals surface area contributed by atoms with Gasteiger partial charge in [0.15, 0.2) is 0 Å². The van der Waals surface area contributed by atoms with E-state index in [1.807, 2.05) is 18.2 Å². The van der Waals surface area contributed by atoms with Gasteiger partial charge in [-0.2, -0.15) is 0 Å². The van der Waals surface area contributed by atoms with Crippen molar-refractivity contribution < 1.29 is 9.53 Å². The lowest BCUT2D eigenvalue weighted by Crippen LogP contribution is -2.18. The molecule has 1 aliphatic heterocycles. The fourth-order valence-corrected chi connectivity index (χ4v) is 1.77. The number of amides is 1. The molecular weight excluding hydrogens is 202 g/mol. The van der Waals surface area contributed by atoms with E-state index in [0.717, 1.165) is 37.3 Å². The molecule has 0 aromatic heterocycles. The highest BCUT2D eigenvalue weighted by Crippen LogP contribution is 2.27. The summed E-state index contributed by atoms with van der Waals surface area (Å²) in [5, 5.41) is 2.87. The second kappa shape index (κ2) is 5.01. The van der Waals surface area contributed by atoms with Gasteiger partial charge in [-0.15, -0.1) is 0 Å². The lowest BCUT2D eigenvalue weighted by Gasteiger charge is -2.17. The number of unbranched alkanes of at least 4 members (excludes halogenated alkanes) is 1. The van der Waals surface area contributed by atoms with Crippen LogP contribution in [0, 0.1) is 0 Å². The highest BCUT2D eigenvalue weighted by atomic mass is 16.5. The van der Waals surface area contributed by atoms with Crippen LogP contribution in [0.5, 0.6) is 5.75 Å². The number of aryl methyl sites for hydroxylation is 1. The van der Waals surface area contributed by atoms with Crippen LogP contribution in [0.1, 0.15) is 31.7 Å². The number of nitrogens with one attached hydrogen (secondary N) is 1. The fourth-order valence-electron chi connectivity index (χ4n) is 1.77. The van der Waals surface area contributed by atoms with Crippen molar-refractivity contribution in [3.8, 4) is 5.75 Å². The van der Waals surface area contributed by atoms with Crippen LogP contribution in [0.4, 0.5) is 5.69 Å². The van der Waals surface area contributed by atoms with Crippen LogP contribution in [-0.2, 0) is 11.2 Å². The molecule has 0 fully saturated rings. The van der Waals surface area contributed by atoms with Crippen molar-refractivity contribution in [1.29, 1.82) is 0 Å². The number of benzene rings is 1. The quantitative estimate of drug-likeness (QED) is 0.791. The second-order valence-electron chi connectivity index (χ2n) is 4.07. The summed E-state index contributed by atoms with van der Waals surface area (Å²) in [6.45, 7) is 2.87. The third-order valence-electron chi connectivity index (χ3n) is 2.74. The normalized spacial score (nSPS) is 14.2. The monoisotopic (exact) mass is 219 g/mol. The smallest absolute Gasteiger partial charge is 0.224 e. The second-order valence-corrected chi connectivity index (χ2v) is 4.07. The van der Waals surface area contributed by atoms with E-state index in [4.69, 9.17) is 4.74 Å². The van der Waals surface area contributed by atoms with Gasteiger partial charge in [0.05, 0.1) is 6.61 Å². The zero-order chi connectivity index (χ0) is 11.4. The Labute approximate surface area is 95.8 Å². The molecule has 1 amide bonds. The summed E-state index contributed by atoms with van der Waals surface area (Å²) in [6.07, 6.45) is 3.60. The first kappa shape index (κ1) is 11.0. The molecule has 1 N–H and O–H groups in total. The predicted molar refractivity (Wildman–Crippen MR) is 63.8 cm³/mol. The molecule has 0 unspecified atom stereocenters. The Morgan fingerprint density at radius 2 is 2.25 bits per heavy atom. The van der Waals surface area contributed by atoms with Crippen molar-refractivity contribution >= 4 is 11.6 Å². The van der Waals surface area contributed by atoms with Crippen LogP contribution in [0.3, 0.4) is 0 Å². The Kier molecular flexibility index (Phi) is 3.44. The molecule has 0 bridgehead atoms. The van der Waals surface area contributed by atoms with Crippen LogP contribution in [-0.4, -0.2) is 12.5 Å². The van der Waals surface area contributed by atoms with E-state index in [0.29, 0.717) is 6.42 Å². The van der Waals surface area contributed by atoms with Gasteiger partial charge in [-0.05, 0) is 24.5 Å². The summed E-state index contributed by atoms with van der Waals surface area (Å²) in [4.78, 5) is 11.2. The van der Waals surface area contributed by atoms with Gasteiger partial charge in [-0.25, -0.2) is 0 Å². The van der Waals surface area contributed by atoms with E-state index in [-0.39, 0.29) is 5.91 Å². The highest BCUT2D eigenvalue weighted by molar-refractivity contribution is 5.94. The van der Waals surface area contributed by atoms with Crippen molar-refractivity contribution in [2.75, 3.05) is 11.9 Å². The Balaban J connectivity index is 2.06. The zero-order valence-corrected chi connectivity index (χ0v) is 9.58. The van der Waals surface area contributed by atoms with Gasteiger partial charge < -0.3 is 10.1 Å². The molecule has 0 radical (unpaired) electrons. The summed E-state index contributed by atoms with van der Waals surface area (Å²) < 4.78 is 5.60. The molecule has 0 saturated carbocycles. The first-order valence-corrected chi connectivity index (χ1v) is 5.85. The highest BCUT2D eigenvalue weighted by Gasteiger charge is 2.14. The Morgan fingerprint density at radius 1 is 1.38 bits per heavy atom. The molecule has 1 aliphatic rings. The summed E-state index contributed by atoms with van der Waals surface area (Å²) in [5.74, 6) is 0.938. The third-order valence-corrected chi connectivity index (χ3v) is 2.74. The maximum atomic E-state index is 11.2. The van der Waals surface area contributed by atoms with Crippen LogP contribution in [0.2, 0.25) is 0 Å². The van der Waals surface area contributed by atoms with Gasteiger partial charge in [-0.1, -0.05) is 19.4 Å². The zero-order valence-electron chi connectivity index (χ0n) is 9.58. The maximum Gasteiger partial charge on any atom is 0.224 e. The SMILES string of the molecule is CCCCOc1ccc2c(c1)NC(=O)CC2. The van der Waals surface area contributed by atoms with Gasteiger partial charge in [0.25, 0.3) is 0 Å². The van der Waals surface area contributed by atoms with E-state index in [2.05, 4.69) is 12.2 Å². The molecule has 3 nitrogen and oxygen atoms in total. The summed E-state index contributed by atoms with van der Waals surface area (Å²) >= 11 is 0. The van der Waals surface area contributed by atoms with Crippen LogP contribution >= 0.6 is 0 Å². The summed E-state index contributed by atoms with van der Waals surface area (Å²) in [5.41, 5.74) is 2.10. The standard InChI is InChI=1S/C13H17NO2/c1-2-3-8-16-11-6-4-10-5-7-13(15)14-12(10)9-11/h4,6,9H,2-3,5,7-8H2,1H3,(H,14,15). The van der Waals surface area contributed by atoms with Crippen molar-refractivity contribution in [3.05, 3.63) is 23.8 Å². The minimum Gasteiger partial charge on any atom is -0.494 e. The molecule has 0 saturated heterocycles. The van der Waals surface area contributed by atoms with Crippen molar-refractivity contribution in [2.45, 2.75) is 32.6 Å². The summed E-state index contributed by atoms with van der Waals surface area (Å²) in [7, 11) is 0. The predicted octanol–water partition coefficient (Wildman–Crippen LogP) is 2.75. The molecule has 0 spiro atoms. The molecular formula is C13H17NO2. The number of rotatable bonds is 4. The van der Waals surface area contributed by atoms with E-state index in [9.17, 15) is 4.79 Å². The van der Waals surface area contributed by atoms with Gasteiger partial charge in [0.1, 0.15) is 5.75 Å². The first-order valence-electron chi connectivity index (χ1n) is 5.85. The maximum absolute atomic E-state index is 11.2. The summed E-state index contributed by atoms with van der Waals surface area (Å²) in [6, 6.07) is 5.93. The Bertz CT molecular complexity index is 388. The lowest BCUT2D eigenvalue weighted by atomic mass is 10.0. The molecule has 2 rings (SSSR count).